The molecule has 1 N–H and O–H groups in total. The molecular formula is C14H29NO. The minimum Gasteiger partial charge on any atom is -0.376 e. The van der Waals surface area contributed by atoms with Gasteiger partial charge in [-0.2, -0.15) is 0 Å². The van der Waals surface area contributed by atoms with Crippen LogP contribution in [0.2, 0.25) is 0 Å². The van der Waals surface area contributed by atoms with Crippen molar-refractivity contribution < 1.29 is 4.74 Å². The zero-order valence-electron chi connectivity index (χ0n) is 11.5. The average Bonchev–Trinajstić information content (AvgIpc) is 2.27. The van der Waals surface area contributed by atoms with Crippen molar-refractivity contribution >= 4 is 0 Å². The summed E-state index contributed by atoms with van der Waals surface area (Å²) in [6.45, 7) is 7.64. The molecule has 0 amide bonds. The van der Waals surface area contributed by atoms with E-state index < -0.39 is 0 Å². The van der Waals surface area contributed by atoms with Crippen LogP contribution < -0.4 is 5.32 Å². The van der Waals surface area contributed by atoms with E-state index in [1.165, 1.54) is 32.1 Å². The van der Waals surface area contributed by atoms with Gasteiger partial charge in [0.2, 0.25) is 0 Å². The van der Waals surface area contributed by atoms with Crippen molar-refractivity contribution in [2.75, 3.05) is 13.7 Å². The van der Waals surface area contributed by atoms with Gasteiger partial charge in [0.15, 0.2) is 0 Å². The van der Waals surface area contributed by atoms with Crippen molar-refractivity contribution in [1.29, 1.82) is 0 Å². The Labute approximate surface area is 101 Å². The SMILES string of the molecule is CCCC1CCC(NC)C(OCC(C)C)C1. The van der Waals surface area contributed by atoms with Gasteiger partial charge in [-0.1, -0.05) is 33.6 Å². The van der Waals surface area contributed by atoms with Gasteiger partial charge in [0, 0.05) is 12.6 Å². The monoisotopic (exact) mass is 227 g/mol. The highest BCUT2D eigenvalue weighted by atomic mass is 16.5. The number of nitrogens with one attached hydrogen (secondary N) is 1. The minimum atomic E-state index is 0.442. The van der Waals surface area contributed by atoms with Gasteiger partial charge in [0.25, 0.3) is 0 Å². The molecule has 0 radical (unpaired) electrons. The summed E-state index contributed by atoms with van der Waals surface area (Å²) in [5, 5.41) is 3.42. The van der Waals surface area contributed by atoms with Crippen LogP contribution in [0.25, 0.3) is 0 Å². The normalized spacial score (nSPS) is 30.9. The maximum absolute atomic E-state index is 6.06. The summed E-state index contributed by atoms with van der Waals surface area (Å²) < 4.78 is 6.06. The van der Waals surface area contributed by atoms with E-state index in [2.05, 4.69) is 33.1 Å². The summed E-state index contributed by atoms with van der Waals surface area (Å²) in [7, 11) is 2.07. The first-order chi connectivity index (χ1) is 7.67. The van der Waals surface area contributed by atoms with Gasteiger partial charge in [0.05, 0.1) is 6.10 Å². The van der Waals surface area contributed by atoms with Crippen LogP contribution in [0.1, 0.15) is 52.9 Å². The first-order valence-electron chi connectivity index (χ1n) is 6.96. The van der Waals surface area contributed by atoms with Gasteiger partial charge in [-0.3, -0.25) is 0 Å². The van der Waals surface area contributed by atoms with Gasteiger partial charge in [-0.15, -0.1) is 0 Å². The molecule has 0 saturated heterocycles. The molecule has 16 heavy (non-hydrogen) atoms. The Hall–Kier alpha value is -0.0800. The van der Waals surface area contributed by atoms with Gasteiger partial charge in [-0.25, -0.2) is 0 Å². The summed E-state index contributed by atoms with van der Waals surface area (Å²) in [6, 6.07) is 0.576. The van der Waals surface area contributed by atoms with Crippen LogP contribution in [0.3, 0.4) is 0 Å². The summed E-state index contributed by atoms with van der Waals surface area (Å²) in [4.78, 5) is 0. The fourth-order valence-electron chi connectivity index (χ4n) is 2.71. The Bertz CT molecular complexity index is 182. The Morgan fingerprint density at radius 2 is 2.06 bits per heavy atom. The molecular weight excluding hydrogens is 198 g/mol. The van der Waals surface area contributed by atoms with E-state index in [9.17, 15) is 0 Å². The fraction of sp³-hybridized carbons (Fsp3) is 1.00. The maximum atomic E-state index is 6.06. The van der Waals surface area contributed by atoms with Gasteiger partial charge in [0.1, 0.15) is 0 Å². The van der Waals surface area contributed by atoms with E-state index >= 15 is 0 Å². The van der Waals surface area contributed by atoms with Crippen molar-refractivity contribution in [2.24, 2.45) is 11.8 Å². The molecule has 2 heteroatoms. The highest BCUT2D eigenvalue weighted by Gasteiger charge is 2.29. The largest absolute Gasteiger partial charge is 0.376 e. The first kappa shape index (κ1) is 14.0. The molecule has 0 heterocycles. The molecule has 0 aromatic rings. The van der Waals surface area contributed by atoms with E-state index in [1.54, 1.807) is 0 Å². The standard InChI is InChI=1S/C14H29NO/c1-5-6-12-7-8-13(15-4)14(9-12)16-10-11(2)3/h11-15H,5-10H2,1-4H3. The van der Waals surface area contributed by atoms with Crippen molar-refractivity contribution in [3.05, 3.63) is 0 Å². The highest BCUT2D eigenvalue weighted by molar-refractivity contribution is 4.85. The van der Waals surface area contributed by atoms with Gasteiger partial charge >= 0.3 is 0 Å². The van der Waals surface area contributed by atoms with Crippen LogP contribution in [0, 0.1) is 11.8 Å². The second kappa shape index (κ2) is 7.29. The molecule has 3 unspecified atom stereocenters. The second-order valence-electron chi connectivity index (χ2n) is 5.63. The number of hydrogen-bond donors (Lipinski definition) is 1. The molecule has 0 aromatic carbocycles. The van der Waals surface area contributed by atoms with Crippen LogP contribution in [0.15, 0.2) is 0 Å². The van der Waals surface area contributed by atoms with E-state index in [-0.39, 0.29) is 0 Å². The smallest absolute Gasteiger partial charge is 0.0730 e. The minimum absolute atomic E-state index is 0.442. The third kappa shape index (κ3) is 4.42. The van der Waals surface area contributed by atoms with Crippen molar-refractivity contribution in [2.45, 2.75) is 65.0 Å². The summed E-state index contributed by atoms with van der Waals surface area (Å²) in [5.41, 5.74) is 0. The van der Waals surface area contributed by atoms with E-state index in [0.717, 1.165) is 12.5 Å². The summed E-state index contributed by atoms with van der Waals surface area (Å²) >= 11 is 0. The summed E-state index contributed by atoms with van der Waals surface area (Å²) in [6.07, 6.45) is 7.04. The number of hydrogen-bond acceptors (Lipinski definition) is 2. The number of ether oxygens (including phenoxy) is 1. The molecule has 2 nitrogen and oxygen atoms in total. The second-order valence-corrected chi connectivity index (χ2v) is 5.63. The van der Waals surface area contributed by atoms with Crippen LogP contribution in [0.5, 0.6) is 0 Å². The predicted octanol–water partition coefficient (Wildman–Crippen LogP) is 3.22. The summed E-state index contributed by atoms with van der Waals surface area (Å²) in [5.74, 6) is 1.54. The number of likely N-dealkylation sites (N-methyl/N-ethyl adjacent to an activating group) is 1. The van der Waals surface area contributed by atoms with Crippen molar-refractivity contribution in [1.82, 2.24) is 5.32 Å². The molecule has 3 atom stereocenters. The molecule has 1 saturated carbocycles. The Morgan fingerprint density at radius 3 is 2.62 bits per heavy atom. The van der Waals surface area contributed by atoms with Crippen LogP contribution in [0.4, 0.5) is 0 Å². The quantitative estimate of drug-likeness (QED) is 0.752. The lowest BCUT2D eigenvalue weighted by molar-refractivity contribution is -0.0206. The van der Waals surface area contributed by atoms with Crippen LogP contribution >= 0.6 is 0 Å². The molecule has 96 valence electrons. The van der Waals surface area contributed by atoms with Crippen LogP contribution in [-0.2, 0) is 4.74 Å². The average molecular weight is 227 g/mol. The fourth-order valence-corrected chi connectivity index (χ4v) is 2.71. The lowest BCUT2D eigenvalue weighted by Crippen LogP contribution is -2.44. The highest BCUT2D eigenvalue weighted by Crippen LogP contribution is 2.30. The zero-order chi connectivity index (χ0) is 12.0. The third-order valence-corrected chi connectivity index (χ3v) is 3.61. The lowest BCUT2D eigenvalue weighted by Gasteiger charge is -2.36. The third-order valence-electron chi connectivity index (χ3n) is 3.61. The molecule has 1 rings (SSSR count). The lowest BCUT2D eigenvalue weighted by atomic mass is 9.81. The molecule has 0 aliphatic heterocycles. The molecule has 1 fully saturated rings. The molecule has 1 aliphatic carbocycles. The first-order valence-corrected chi connectivity index (χ1v) is 6.96. The van der Waals surface area contributed by atoms with Crippen molar-refractivity contribution in [3.63, 3.8) is 0 Å². The molecule has 1 aliphatic rings. The number of rotatable bonds is 6. The van der Waals surface area contributed by atoms with Gasteiger partial charge in [-0.05, 0) is 38.1 Å². The molecule has 0 bridgehead atoms. The van der Waals surface area contributed by atoms with E-state index in [0.29, 0.717) is 18.1 Å². The Morgan fingerprint density at radius 1 is 1.31 bits per heavy atom. The van der Waals surface area contributed by atoms with Crippen LogP contribution in [-0.4, -0.2) is 25.8 Å². The topological polar surface area (TPSA) is 21.3 Å². The van der Waals surface area contributed by atoms with Crippen molar-refractivity contribution in [3.8, 4) is 0 Å². The molecule has 0 spiro atoms. The van der Waals surface area contributed by atoms with Gasteiger partial charge < -0.3 is 10.1 Å². The van der Waals surface area contributed by atoms with E-state index in [1.807, 2.05) is 0 Å². The Balaban J connectivity index is 2.40. The molecule has 0 aromatic heterocycles. The predicted molar refractivity (Wildman–Crippen MR) is 69.7 cm³/mol. The van der Waals surface area contributed by atoms with E-state index in [4.69, 9.17) is 4.74 Å². The Kier molecular flexibility index (Phi) is 6.37. The zero-order valence-corrected chi connectivity index (χ0v) is 11.5. The maximum Gasteiger partial charge on any atom is 0.0730 e.